The quantitative estimate of drug-likeness (QED) is 0.588. The second-order valence-corrected chi connectivity index (χ2v) is 5.22. The van der Waals surface area contributed by atoms with Gasteiger partial charge in [-0.15, -0.1) is 0 Å². The molecule has 5 heteroatoms. The van der Waals surface area contributed by atoms with Crippen molar-refractivity contribution in [2.75, 3.05) is 6.61 Å². The molecule has 0 fully saturated rings. The third-order valence-electron chi connectivity index (χ3n) is 2.50. The Kier molecular flexibility index (Phi) is 5.04. The molecule has 0 bridgehead atoms. The lowest BCUT2D eigenvalue weighted by Crippen LogP contribution is -2.11. The van der Waals surface area contributed by atoms with E-state index in [2.05, 4.69) is 15.9 Å². The van der Waals surface area contributed by atoms with Crippen molar-refractivity contribution in [3.05, 3.63) is 57.5 Å². The van der Waals surface area contributed by atoms with E-state index in [1.165, 1.54) is 0 Å². The van der Waals surface area contributed by atoms with Gasteiger partial charge in [-0.3, -0.25) is 0 Å². The van der Waals surface area contributed by atoms with Gasteiger partial charge in [-0.25, -0.2) is 4.79 Å². The summed E-state index contributed by atoms with van der Waals surface area (Å²) in [7, 11) is 0. The van der Waals surface area contributed by atoms with Crippen LogP contribution < -0.4 is 9.47 Å². The highest BCUT2D eigenvalue weighted by Crippen LogP contribution is 2.29. The van der Waals surface area contributed by atoms with Gasteiger partial charge in [-0.05, 0) is 37.3 Å². The van der Waals surface area contributed by atoms with E-state index in [1.54, 1.807) is 42.5 Å². The van der Waals surface area contributed by atoms with Crippen molar-refractivity contribution < 1.29 is 14.3 Å². The summed E-state index contributed by atoms with van der Waals surface area (Å²) < 4.78 is 11.5. The number of carbonyl (C=O) groups is 1. The summed E-state index contributed by atoms with van der Waals surface area (Å²) in [6, 6.07) is 12.0. The van der Waals surface area contributed by atoms with Gasteiger partial charge in [0.2, 0.25) is 0 Å². The predicted octanol–water partition coefficient (Wildman–Crippen LogP) is 4.72. The molecule has 20 heavy (non-hydrogen) atoms. The minimum absolute atomic E-state index is 0.311. The van der Waals surface area contributed by atoms with E-state index in [0.717, 1.165) is 4.47 Å². The zero-order chi connectivity index (χ0) is 14.5. The molecule has 3 nitrogen and oxygen atoms in total. The van der Waals surface area contributed by atoms with Crippen LogP contribution in [0.2, 0.25) is 5.02 Å². The van der Waals surface area contributed by atoms with Crippen molar-refractivity contribution in [2.24, 2.45) is 0 Å². The van der Waals surface area contributed by atoms with Gasteiger partial charge in [0.05, 0.1) is 11.6 Å². The second kappa shape index (κ2) is 6.77. The molecule has 0 radical (unpaired) electrons. The Balaban J connectivity index is 2.24. The Bertz CT molecular complexity index is 628. The standard InChI is InChI=1S/C15H12BrClO3/c1-2-19-13-6-4-3-5-11(13)15(18)20-14-8-7-10(16)9-12(14)17/h3-9H,2H2,1H3. The Morgan fingerprint density at radius 1 is 1.20 bits per heavy atom. The first-order chi connectivity index (χ1) is 9.61. The largest absolute Gasteiger partial charge is 0.493 e. The molecular formula is C15H12BrClO3. The van der Waals surface area contributed by atoms with Crippen molar-refractivity contribution in [1.82, 2.24) is 0 Å². The maximum absolute atomic E-state index is 12.2. The molecule has 0 atom stereocenters. The first-order valence-electron chi connectivity index (χ1n) is 6.01. The van der Waals surface area contributed by atoms with E-state index < -0.39 is 5.97 Å². The summed E-state index contributed by atoms with van der Waals surface area (Å²) in [6.45, 7) is 2.33. The molecule has 0 aliphatic heterocycles. The molecule has 0 saturated carbocycles. The van der Waals surface area contributed by atoms with Crippen molar-refractivity contribution in [1.29, 1.82) is 0 Å². The highest BCUT2D eigenvalue weighted by atomic mass is 79.9. The first kappa shape index (κ1) is 14.9. The SMILES string of the molecule is CCOc1ccccc1C(=O)Oc1ccc(Br)cc1Cl. The second-order valence-electron chi connectivity index (χ2n) is 3.89. The number of hydrogen-bond acceptors (Lipinski definition) is 3. The molecule has 2 aromatic carbocycles. The van der Waals surface area contributed by atoms with Crippen LogP contribution in [0.25, 0.3) is 0 Å². The van der Waals surface area contributed by atoms with Gasteiger partial charge in [0.25, 0.3) is 0 Å². The fourth-order valence-electron chi connectivity index (χ4n) is 1.63. The maximum Gasteiger partial charge on any atom is 0.347 e. The minimum Gasteiger partial charge on any atom is -0.493 e. The summed E-state index contributed by atoms with van der Waals surface area (Å²) in [4.78, 5) is 12.2. The molecule has 0 spiro atoms. The molecule has 0 aliphatic carbocycles. The van der Waals surface area contributed by atoms with Gasteiger partial charge in [-0.2, -0.15) is 0 Å². The van der Waals surface area contributed by atoms with E-state index in [4.69, 9.17) is 21.1 Å². The molecule has 0 aromatic heterocycles. The Morgan fingerprint density at radius 3 is 2.65 bits per heavy atom. The van der Waals surface area contributed by atoms with E-state index in [9.17, 15) is 4.79 Å². The van der Waals surface area contributed by atoms with Crippen LogP contribution in [0.1, 0.15) is 17.3 Å². The first-order valence-corrected chi connectivity index (χ1v) is 7.18. The fraction of sp³-hybridized carbons (Fsp3) is 0.133. The van der Waals surface area contributed by atoms with Crippen LogP contribution in [-0.4, -0.2) is 12.6 Å². The van der Waals surface area contributed by atoms with E-state index in [0.29, 0.717) is 28.7 Å². The molecule has 0 aliphatic rings. The zero-order valence-corrected chi connectivity index (χ0v) is 13.1. The van der Waals surface area contributed by atoms with Gasteiger partial charge in [0.15, 0.2) is 0 Å². The van der Waals surface area contributed by atoms with Crippen LogP contribution in [0, 0.1) is 0 Å². The average molecular weight is 356 g/mol. The van der Waals surface area contributed by atoms with Gasteiger partial charge in [-0.1, -0.05) is 39.7 Å². The molecule has 0 unspecified atom stereocenters. The number of ether oxygens (including phenoxy) is 2. The molecular weight excluding hydrogens is 344 g/mol. The lowest BCUT2D eigenvalue weighted by atomic mass is 10.2. The number of para-hydroxylation sites is 1. The van der Waals surface area contributed by atoms with Crippen LogP contribution in [0.4, 0.5) is 0 Å². The Morgan fingerprint density at radius 2 is 1.95 bits per heavy atom. The van der Waals surface area contributed by atoms with Crippen molar-refractivity contribution in [3.8, 4) is 11.5 Å². The molecule has 2 rings (SSSR count). The fourth-order valence-corrected chi connectivity index (χ4v) is 2.34. The van der Waals surface area contributed by atoms with Crippen LogP contribution in [-0.2, 0) is 0 Å². The van der Waals surface area contributed by atoms with E-state index in [1.807, 2.05) is 6.92 Å². The molecule has 0 N–H and O–H groups in total. The van der Waals surface area contributed by atoms with Crippen molar-refractivity contribution in [3.63, 3.8) is 0 Å². The van der Waals surface area contributed by atoms with Gasteiger partial charge >= 0.3 is 5.97 Å². The summed E-state index contributed by atoms with van der Waals surface area (Å²) in [5.74, 6) is 0.303. The van der Waals surface area contributed by atoms with Crippen LogP contribution in [0.3, 0.4) is 0 Å². The summed E-state index contributed by atoms with van der Waals surface area (Å²) in [5.41, 5.74) is 0.369. The maximum atomic E-state index is 12.2. The number of esters is 1. The smallest absolute Gasteiger partial charge is 0.347 e. The Hall–Kier alpha value is -1.52. The topological polar surface area (TPSA) is 35.5 Å². The van der Waals surface area contributed by atoms with Crippen LogP contribution in [0.5, 0.6) is 11.5 Å². The number of rotatable bonds is 4. The van der Waals surface area contributed by atoms with Gasteiger partial charge in [0, 0.05) is 4.47 Å². The Labute approximate surface area is 130 Å². The summed E-state index contributed by atoms with van der Waals surface area (Å²) in [6.07, 6.45) is 0. The normalized spacial score (nSPS) is 10.2. The molecule has 2 aromatic rings. The van der Waals surface area contributed by atoms with Gasteiger partial charge < -0.3 is 9.47 Å². The zero-order valence-electron chi connectivity index (χ0n) is 10.7. The van der Waals surface area contributed by atoms with Crippen molar-refractivity contribution in [2.45, 2.75) is 6.92 Å². The summed E-state index contributed by atoms with van der Waals surface area (Å²) >= 11 is 9.32. The van der Waals surface area contributed by atoms with E-state index >= 15 is 0 Å². The minimum atomic E-state index is -0.502. The average Bonchev–Trinajstić information content (AvgIpc) is 2.43. The van der Waals surface area contributed by atoms with Gasteiger partial charge in [0.1, 0.15) is 17.1 Å². The lowest BCUT2D eigenvalue weighted by Gasteiger charge is -2.10. The highest BCUT2D eigenvalue weighted by Gasteiger charge is 2.15. The lowest BCUT2D eigenvalue weighted by molar-refractivity contribution is 0.0730. The molecule has 0 heterocycles. The number of hydrogen-bond donors (Lipinski definition) is 0. The predicted molar refractivity (Wildman–Crippen MR) is 81.7 cm³/mol. The third kappa shape index (κ3) is 3.52. The number of halogens is 2. The summed E-state index contributed by atoms with van der Waals surface area (Å²) in [5, 5.41) is 0.363. The van der Waals surface area contributed by atoms with Crippen LogP contribution >= 0.6 is 27.5 Å². The monoisotopic (exact) mass is 354 g/mol. The van der Waals surface area contributed by atoms with Crippen LogP contribution in [0.15, 0.2) is 46.9 Å². The number of benzene rings is 2. The number of carbonyl (C=O) groups excluding carboxylic acids is 1. The third-order valence-corrected chi connectivity index (χ3v) is 3.29. The van der Waals surface area contributed by atoms with E-state index in [-0.39, 0.29) is 0 Å². The molecule has 104 valence electrons. The molecule has 0 saturated heterocycles. The highest BCUT2D eigenvalue weighted by molar-refractivity contribution is 9.10. The molecule has 0 amide bonds. The van der Waals surface area contributed by atoms with Crippen molar-refractivity contribution >= 4 is 33.5 Å².